The highest BCUT2D eigenvalue weighted by molar-refractivity contribution is 8.15. The third-order valence-corrected chi connectivity index (χ3v) is 6.06. The first kappa shape index (κ1) is 21.6. The van der Waals surface area contributed by atoms with E-state index >= 15 is 0 Å². The molecular weight excluding hydrogens is 449 g/mol. The minimum Gasteiger partial charge on any atom is -0.325 e. The van der Waals surface area contributed by atoms with Crippen molar-refractivity contribution in [1.29, 1.82) is 0 Å². The number of aliphatic imine (C=N–C) groups is 1. The number of aromatic nitrogens is 1. The summed E-state index contributed by atoms with van der Waals surface area (Å²) in [6.45, 7) is 2.15. The van der Waals surface area contributed by atoms with E-state index in [0.29, 0.717) is 16.8 Å². The molecule has 0 aliphatic carbocycles. The molecule has 29 heavy (non-hydrogen) atoms. The zero-order valence-corrected chi connectivity index (χ0v) is 17.3. The fourth-order valence-electron chi connectivity index (χ4n) is 2.54. The van der Waals surface area contributed by atoms with Gasteiger partial charge in [0.25, 0.3) is 0 Å². The van der Waals surface area contributed by atoms with Gasteiger partial charge in [0.05, 0.1) is 16.3 Å². The number of rotatable bonds is 5. The van der Waals surface area contributed by atoms with Crippen LogP contribution in [0.1, 0.15) is 18.9 Å². The minimum atomic E-state index is -4.57. The predicted molar refractivity (Wildman–Crippen MR) is 108 cm³/mol. The lowest BCUT2D eigenvalue weighted by Crippen LogP contribution is -2.33. The average molecular weight is 463 g/mol. The van der Waals surface area contributed by atoms with Crippen LogP contribution in [0.2, 0.25) is 5.02 Å². The SMILES string of the molecule is CCN1C(=O)C(CC(=O)Nc2cc(C(F)(F)F)ccc2Cl)SC1=Nc1nccs1. The van der Waals surface area contributed by atoms with Crippen molar-refractivity contribution in [3.05, 3.63) is 40.4 Å². The molecule has 2 heterocycles. The number of nitrogens with one attached hydrogen (secondary N) is 1. The lowest BCUT2D eigenvalue weighted by Gasteiger charge is -2.13. The highest BCUT2D eigenvalue weighted by Crippen LogP contribution is 2.35. The Bertz CT molecular complexity index is 951. The number of thiazole rings is 1. The summed E-state index contributed by atoms with van der Waals surface area (Å²) in [5.41, 5.74) is -1.09. The van der Waals surface area contributed by atoms with Crippen LogP contribution in [0.5, 0.6) is 0 Å². The Balaban J connectivity index is 1.72. The number of benzene rings is 1. The van der Waals surface area contributed by atoms with Gasteiger partial charge in [-0.15, -0.1) is 11.3 Å². The number of carbonyl (C=O) groups is 2. The molecule has 1 aliphatic rings. The van der Waals surface area contributed by atoms with Crippen molar-refractivity contribution in [2.45, 2.75) is 24.8 Å². The van der Waals surface area contributed by atoms with Crippen LogP contribution in [0.4, 0.5) is 24.0 Å². The summed E-state index contributed by atoms with van der Waals surface area (Å²) >= 11 is 8.33. The van der Waals surface area contributed by atoms with Crippen molar-refractivity contribution < 1.29 is 22.8 Å². The predicted octanol–water partition coefficient (Wildman–Crippen LogP) is 4.80. The van der Waals surface area contributed by atoms with Crippen LogP contribution < -0.4 is 5.32 Å². The molecule has 0 spiro atoms. The van der Waals surface area contributed by atoms with Crippen LogP contribution >= 0.6 is 34.7 Å². The fraction of sp³-hybridized carbons (Fsp3) is 0.294. The number of anilines is 1. The molecule has 1 unspecified atom stereocenters. The van der Waals surface area contributed by atoms with Gasteiger partial charge in [-0.05, 0) is 25.1 Å². The van der Waals surface area contributed by atoms with E-state index in [2.05, 4.69) is 15.3 Å². The standard InChI is InChI=1S/C17H14ClF3N4O2S2/c1-2-25-14(27)12(29-16(25)24-15-22-5-6-28-15)8-13(26)23-11-7-9(17(19,20)21)3-4-10(11)18/h3-7,12H,2,8H2,1H3,(H,23,26). The Labute approximate surface area is 177 Å². The monoisotopic (exact) mass is 462 g/mol. The molecule has 1 aromatic heterocycles. The van der Waals surface area contributed by atoms with Crippen molar-refractivity contribution >= 4 is 62.5 Å². The first-order valence-electron chi connectivity index (χ1n) is 8.32. The lowest BCUT2D eigenvalue weighted by molar-refractivity contribution is -0.137. The summed E-state index contributed by atoms with van der Waals surface area (Å²) in [5, 5.41) is 4.26. The third kappa shape index (κ3) is 5.09. The van der Waals surface area contributed by atoms with Gasteiger partial charge in [0.2, 0.25) is 16.9 Å². The Morgan fingerprint density at radius 3 is 2.79 bits per heavy atom. The molecule has 1 fully saturated rings. The molecular formula is C17H14ClF3N4O2S2. The van der Waals surface area contributed by atoms with E-state index in [9.17, 15) is 22.8 Å². The molecule has 0 saturated carbocycles. The Kier molecular flexibility index (Phi) is 6.49. The number of halogens is 4. The first-order valence-corrected chi connectivity index (χ1v) is 10.5. The van der Waals surface area contributed by atoms with Crippen LogP contribution in [0.15, 0.2) is 34.8 Å². The number of nitrogens with zero attached hydrogens (tertiary/aromatic N) is 3. The van der Waals surface area contributed by atoms with Crippen LogP contribution in [-0.2, 0) is 15.8 Å². The average Bonchev–Trinajstić information content (AvgIpc) is 3.24. The Morgan fingerprint density at radius 2 is 2.17 bits per heavy atom. The second-order valence-corrected chi connectivity index (χ2v) is 8.29. The van der Waals surface area contributed by atoms with Gasteiger partial charge in [-0.3, -0.25) is 14.5 Å². The van der Waals surface area contributed by atoms with E-state index in [4.69, 9.17) is 11.6 Å². The molecule has 154 valence electrons. The summed E-state index contributed by atoms with van der Waals surface area (Å²) in [6, 6.07) is 2.65. The molecule has 2 amide bonds. The second kappa shape index (κ2) is 8.72. The number of thioether (sulfide) groups is 1. The first-order chi connectivity index (χ1) is 13.7. The molecule has 1 saturated heterocycles. The van der Waals surface area contributed by atoms with E-state index in [1.54, 1.807) is 18.5 Å². The summed E-state index contributed by atoms with van der Waals surface area (Å²) in [4.78, 5) is 34.8. The third-order valence-electron chi connectivity index (χ3n) is 3.89. The van der Waals surface area contributed by atoms with Gasteiger partial charge in [0, 0.05) is 24.5 Å². The highest BCUT2D eigenvalue weighted by atomic mass is 35.5. The number of hydrogen-bond donors (Lipinski definition) is 1. The number of hydrogen-bond acceptors (Lipinski definition) is 6. The van der Waals surface area contributed by atoms with Gasteiger partial charge in [0.15, 0.2) is 5.17 Å². The van der Waals surface area contributed by atoms with Gasteiger partial charge in [-0.2, -0.15) is 18.2 Å². The number of amidine groups is 1. The molecule has 1 aromatic carbocycles. The molecule has 2 aromatic rings. The normalized spacial score (nSPS) is 18.5. The fourth-order valence-corrected chi connectivity index (χ4v) is 4.47. The summed E-state index contributed by atoms with van der Waals surface area (Å²) < 4.78 is 38.6. The maximum Gasteiger partial charge on any atom is 0.416 e. The molecule has 12 heteroatoms. The maximum atomic E-state index is 12.9. The number of carbonyl (C=O) groups excluding carboxylic acids is 2. The van der Waals surface area contributed by atoms with Crippen molar-refractivity contribution in [2.75, 3.05) is 11.9 Å². The van der Waals surface area contributed by atoms with Gasteiger partial charge >= 0.3 is 6.18 Å². The molecule has 0 radical (unpaired) electrons. The molecule has 1 N–H and O–H groups in total. The van der Waals surface area contributed by atoms with E-state index in [1.165, 1.54) is 16.2 Å². The quantitative estimate of drug-likeness (QED) is 0.693. The zero-order valence-electron chi connectivity index (χ0n) is 14.9. The molecule has 6 nitrogen and oxygen atoms in total. The van der Waals surface area contributed by atoms with Crippen molar-refractivity contribution in [1.82, 2.24) is 9.88 Å². The van der Waals surface area contributed by atoms with Crippen molar-refractivity contribution in [3.8, 4) is 0 Å². The van der Waals surface area contributed by atoms with Gasteiger partial charge in [0.1, 0.15) is 5.25 Å². The minimum absolute atomic E-state index is 0.0297. The summed E-state index contributed by atoms with van der Waals surface area (Å²) in [6.07, 6.45) is -3.21. The smallest absolute Gasteiger partial charge is 0.325 e. The molecule has 1 aliphatic heterocycles. The van der Waals surface area contributed by atoms with Crippen molar-refractivity contribution in [3.63, 3.8) is 0 Å². The Hall–Kier alpha value is -2.11. The molecule has 3 rings (SSSR count). The van der Waals surface area contributed by atoms with Gasteiger partial charge < -0.3 is 5.32 Å². The van der Waals surface area contributed by atoms with E-state index < -0.39 is 22.9 Å². The highest BCUT2D eigenvalue weighted by Gasteiger charge is 2.38. The molecule has 0 bridgehead atoms. The van der Waals surface area contributed by atoms with E-state index in [0.717, 1.165) is 30.0 Å². The zero-order chi connectivity index (χ0) is 21.2. The lowest BCUT2D eigenvalue weighted by atomic mass is 10.2. The van der Waals surface area contributed by atoms with Crippen LogP contribution in [0.3, 0.4) is 0 Å². The molecule has 1 atom stereocenters. The summed E-state index contributed by atoms with van der Waals surface area (Å²) in [7, 11) is 0. The number of amides is 2. The van der Waals surface area contributed by atoms with Crippen molar-refractivity contribution in [2.24, 2.45) is 4.99 Å². The Morgan fingerprint density at radius 1 is 1.41 bits per heavy atom. The second-order valence-electron chi connectivity index (χ2n) is 5.84. The van der Waals surface area contributed by atoms with Crippen LogP contribution in [0.25, 0.3) is 0 Å². The topological polar surface area (TPSA) is 74.7 Å². The maximum absolute atomic E-state index is 12.9. The van der Waals surface area contributed by atoms with Crippen LogP contribution in [0, 0.1) is 0 Å². The van der Waals surface area contributed by atoms with Gasteiger partial charge in [-0.25, -0.2) is 4.98 Å². The van der Waals surface area contributed by atoms with E-state index in [1.807, 2.05) is 0 Å². The van der Waals surface area contributed by atoms with E-state index in [-0.39, 0.29) is 23.0 Å². The number of alkyl halides is 3. The summed E-state index contributed by atoms with van der Waals surface area (Å²) in [5.74, 6) is -0.915. The van der Waals surface area contributed by atoms with Gasteiger partial charge in [-0.1, -0.05) is 23.4 Å². The largest absolute Gasteiger partial charge is 0.416 e. The van der Waals surface area contributed by atoms with Crippen LogP contribution in [-0.4, -0.2) is 38.7 Å².